The average Bonchev–Trinajstić information content (AvgIpc) is 3.78. The number of piperidine rings is 1. The van der Waals surface area contributed by atoms with E-state index in [-0.39, 0.29) is 34.2 Å². The van der Waals surface area contributed by atoms with Crippen LogP contribution in [0.2, 0.25) is 0 Å². The van der Waals surface area contributed by atoms with Crippen LogP contribution in [0, 0.1) is 6.92 Å². The van der Waals surface area contributed by atoms with Crippen LogP contribution in [0.25, 0.3) is 0 Å². The van der Waals surface area contributed by atoms with Gasteiger partial charge in [0.15, 0.2) is 9.84 Å². The maximum atomic E-state index is 13.6. The summed E-state index contributed by atoms with van der Waals surface area (Å²) in [6, 6.07) is 6.45. The zero-order chi connectivity index (χ0) is 30.4. The number of likely N-dealkylation sites (N-methyl/N-ethyl adjacent to an activating group) is 1. The Bertz CT molecular complexity index is 1560. The van der Waals surface area contributed by atoms with Gasteiger partial charge in [-0.3, -0.25) is 0 Å². The lowest BCUT2D eigenvalue weighted by atomic mass is 9.88. The number of ether oxygens (including phenoxy) is 3. The lowest BCUT2D eigenvalue weighted by Gasteiger charge is -2.38. The van der Waals surface area contributed by atoms with Crippen molar-refractivity contribution in [1.82, 2.24) is 14.6 Å². The normalized spacial score (nSPS) is 23.1. The van der Waals surface area contributed by atoms with Crippen LogP contribution in [0.1, 0.15) is 37.7 Å². The van der Waals surface area contributed by atoms with E-state index in [0.29, 0.717) is 75.7 Å². The van der Waals surface area contributed by atoms with Gasteiger partial charge in [0.05, 0.1) is 35.1 Å². The van der Waals surface area contributed by atoms with Crippen molar-refractivity contribution >= 4 is 25.5 Å². The highest BCUT2D eigenvalue weighted by Crippen LogP contribution is 2.40. The largest absolute Gasteiger partial charge is 0.491 e. The zero-order valence-corrected chi connectivity index (χ0v) is 26.2. The monoisotopic (exact) mass is 636 g/mol. The van der Waals surface area contributed by atoms with Crippen LogP contribution in [-0.4, -0.2) is 107 Å². The first kappa shape index (κ1) is 30.5. The third kappa shape index (κ3) is 6.22. The standard InChI is InChI=1S/C29H40N4O8S2/c1-20-26(17-31-28-27(20)32(2)12-13-39-28)43(37,38)33-10-8-29(9-11-33)15-21(18-41-29)30-16-22(34)19-40-23-4-3-5-25(14-23)42(35,36)24-6-7-24/h3-5,14,17,21-22,24,30,34H,6-13,15-16,18-19H2,1-2H3/t21-,22+/m1/s1. The molecule has 43 heavy (non-hydrogen) atoms. The maximum absolute atomic E-state index is 13.6. The van der Waals surface area contributed by atoms with E-state index in [1.807, 2.05) is 11.9 Å². The number of sulfonamides is 1. The van der Waals surface area contributed by atoms with E-state index in [2.05, 4.69) is 10.3 Å². The summed E-state index contributed by atoms with van der Waals surface area (Å²) in [6.45, 7) is 4.47. The van der Waals surface area contributed by atoms with Gasteiger partial charge < -0.3 is 29.5 Å². The second kappa shape index (κ2) is 11.8. The van der Waals surface area contributed by atoms with Crippen LogP contribution in [0.4, 0.5) is 5.69 Å². The van der Waals surface area contributed by atoms with Gasteiger partial charge in [-0.05, 0) is 62.8 Å². The summed E-state index contributed by atoms with van der Waals surface area (Å²) in [5, 5.41) is 13.6. The van der Waals surface area contributed by atoms with Crippen LogP contribution in [0.3, 0.4) is 0 Å². The minimum Gasteiger partial charge on any atom is -0.491 e. The van der Waals surface area contributed by atoms with Crippen molar-refractivity contribution in [1.29, 1.82) is 0 Å². The van der Waals surface area contributed by atoms with E-state index in [9.17, 15) is 21.9 Å². The molecule has 236 valence electrons. The highest BCUT2D eigenvalue weighted by molar-refractivity contribution is 7.92. The fourth-order valence-electron chi connectivity index (χ4n) is 6.22. The fourth-order valence-corrected chi connectivity index (χ4v) is 9.52. The number of hydrogen-bond acceptors (Lipinski definition) is 11. The molecule has 0 unspecified atom stereocenters. The first-order valence-corrected chi connectivity index (χ1v) is 17.8. The second-order valence-corrected chi connectivity index (χ2v) is 16.2. The number of sulfone groups is 1. The molecule has 1 aromatic carbocycles. The molecular weight excluding hydrogens is 596 g/mol. The summed E-state index contributed by atoms with van der Waals surface area (Å²) in [5.41, 5.74) is 0.958. The summed E-state index contributed by atoms with van der Waals surface area (Å²) >= 11 is 0. The molecular formula is C29H40N4O8S2. The van der Waals surface area contributed by atoms with Gasteiger partial charge in [-0.25, -0.2) is 21.8 Å². The van der Waals surface area contributed by atoms with Crippen LogP contribution < -0.4 is 19.7 Å². The molecule has 2 saturated heterocycles. The van der Waals surface area contributed by atoms with E-state index in [1.165, 1.54) is 16.6 Å². The van der Waals surface area contributed by atoms with Gasteiger partial charge in [0.25, 0.3) is 0 Å². The Labute approximate surface area is 253 Å². The molecule has 12 nitrogen and oxygen atoms in total. The smallest absolute Gasteiger partial charge is 0.244 e. The number of aromatic nitrogens is 1. The van der Waals surface area contributed by atoms with Crippen LogP contribution in [0.15, 0.2) is 40.3 Å². The first-order chi connectivity index (χ1) is 20.5. The van der Waals surface area contributed by atoms with Gasteiger partial charge in [0, 0.05) is 32.7 Å². The molecule has 1 saturated carbocycles. The molecule has 2 atom stereocenters. The molecule has 4 aliphatic rings. The lowest BCUT2D eigenvalue weighted by molar-refractivity contribution is -0.0312. The number of fused-ring (bicyclic) bond motifs is 1. The summed E-state index contributed by atoms with van der Waals surface area (Å²) in [6.07, 6.45) is 3.88. The third-order valence-corrected chi connectivity index (χ3v) is 13.2. The van der Waals surface area contributed by atoms with Crippen LogP contribution in [0.5, 0.6) is 11.6 Å². The number of nitrogens with one attached hydrogen (secondary N) is 1. The molecule has 6 rings (SSSR count). The molecule has 14 heteroatoms. The number of benzene rings is 1. The second-order valence-electron chi connectivity index (χ2n) is 12.1. The van der Waals surface area contributed by atoms with E-state index in [0.717, 1.165) is 12.1 Å². The van der Waals surface area contributed by atoms with Crippen LogP contribution >= 0.6 is 0 Å². The van der Waals surface area contributed by atoms with Gasteiger partial charge in [0.2, 0.25) is 15.9 Å². The summed E-state index contributed by atoms with van der Waals surface area (Å²) in [5.74, 6) is 0.873. The molecule has 4 heterocycles. The van der Waals surface area contributed by atoms with Crippen molar-refractivity contribution in [2.45, 2.75) is 71.8 Å². The predicted octanol–water partition coefficient (Wildman–Crippen LogP) is 1.50. The number of pyridine rings is 1. The van der Waals surface area contributed by atoms with Crippen molar-refractivity contribution in [3.05, 3.63) is 36.0 Å². The molecule has 1 spiro atoms. The number of hydrogen-bond donors (Lipinski definition) is 2. The van der Waals surface area contributed by atoms with Crippen molar-refractivity contribution in [3.63, 3.8) is 0 Å². The van der Waals surface area contributed by atoms with E-state index in [1.54, 1.807) is 25.1 Å². The van der Waals surface area contributed by atoms with Crippen molar-refractivity contribution in [3.8, 4) is 11.6 Å². The molecule has 1 aliphatic carbocycles. The SMILES string of the molecule is Cc1c(S(=O)(=O)N2CCC3(CC2)C[C@@H](NC[C@H](O)COc2cccc(S(=O)(=O)C4CC4)c2)CO3)cnc2c1N(C)CCO2. The highest BCUT2D eigenvalue weighted by Gasteiger charge is 2.45. The van der Waals surface area contributed by atoms with Gasteiger partial charge >= 0.3 is 0 Å². The number of rotatable bonds is 10. The van der Waals surface area contributed by atoms with Gasteiger partial charge in [-0.2, -0.15) is 4.31 Å². The Balaban J connectivity index is 0.983. The molecule has 2 N–H and O–H groups in total. The van der Waals surface area contributed by atoms with Gasteiger partial charge in [-0.1, -0.05) is 6.07 Å². The summed E-state index contributed by atoms with van der Waals surface area (Å²) < 4.78 is 71.3. The summed E-state index contributed by atoms with van der Waals surface area (Å²) in [4.78, 5) is 6.74. The Morgan fingerprint density at radius 1 is 1.19 bits per heavy atom. The molecule has 3 fully saturated rings. The molecule has 0 bridgehead atoms. The number of aliphatic hydroxyl groups is 1. The predicted molar refractivity (Wildman–Crippen MR) is 159 cm³/mol. The lowest BCUT2D eigenvalue weighted by Crippen LogP contribution is -2.47. The topological polar surface area (TPSA) is 148 Å². The Morgan fingerprint density at radius 2 is 1.95 bits per heavy atom. The zero-order valence-electron chi connectivity index (χ0n) is 24.6. The van der Waals surface area contributed by atoms with E-state index < -0.39 is 31.6 Å². The minimum atomic E-state index is -3.74. The van der Waals surface area contributed by atoms with Crippen LogP contribution in [-0.2, 0) is 24.6 Å². The van der Waals surface area contributed by atoms with Gasteiger partial charge in [0.1, 0.15) is 35.7 Å². The molecule has 1 aromatic heterocycles. The number of anilines is 1. The van der Waals surface area contributed by atoms with E-state index in [4.69, 9.17) is 14.2 Å². The number of aliphatic hydroxyl groups excluding tert-OH is 1. The van der Waals surface area contributed by atoms with Crippen molar-refractivity contribution in [2.75, 3.05) is 57.9 Å². The Hall–Kier alpha value is -2.49. The minimum absolute atomic E-state index is 0.0182. The van der Waals surface area contributed by atoms with Crippen molar-refractivity contribution < 1.29 is 36.2 Å². The third-order valence-electron chi connectivity index (χ3n) is 8.92. The molecule has 2 aromatic rings. The first-order valence-electron chi connectivity index (χ1n) is 14.8. The maximum Gasteiger partial charge on any atom is 0.244 e. The Kier molecular flexibility index (Phi) is 8.37. The van der Waals surface area contributed by atoms with Crippen molar-refractivity contribution in [2.24, 2.45) is 0 Å². The average molecular weight is 637 g/mol. The highest BCUT2D eigenvalue weighted by atomic mass is 32.2. The molecule has 0 radical (unpaired) electrons. The molecule has 3 aliphatic heterocycles. The summed E-state index contributed by atoms with van der Waals surface area (Å²) in [7, 11) is -5.13. The Morgan fingerprint density at radius 3 is 2.70 bits per heavy atom. The van der Waals surface area contributed by atoms with E-state index >= 15 is 0 Å². The fraction of sp³-hybridized carbons (Fsp3) is 0.621. The number of nitrogens with zero attached hydrogens (tertiary/aromatic N) is 3. The molecule has 0 amide bonds. The van der Waals surface area contributed by atoms with Gasteiger partial charge in [-0.15, -0.1) is 0 Å². The quantitative estimate of drug-likeness (QED) is 0.391.